The number of ketones is 2. The first-order chi connectivity index (χ1) is 19.4. The fourth-order valence-electron chi connectivity index (χ4n) is 7.72. The Labute approximate surface area is 260 Å². The number of ether oxygens (including phenoxy) is 1. The molecule has 2 aromatic rings. The van der Waals surface area contributed by atoms with Crippen LogP contribution >= 0.6 is 38.5 Å². The average molecular weight is 730 g/mol. The van der Waals surface area contributed by atoms with Gasteiger partial charge in [0.05, 0.1) is 34.5 Å². The van der Waals surface area contributed by atoms with Gasteiger partial charge in [0.15, 0.2) is 23.1 Å². The lowest BCUT2D eigenvalue weighted by Crippen LogP contribution is -2.55. The second-order valence-electron chi connectivity index (χ2n) is 11.7. The fraction of sp³-hybridized carbons (Fsp3) is 0.375. The molecular formula is C32H29BrINO6. The van der Waals surface area contributed by atoms with Crippen LogP contribution in [0.1, 0.15) is 45.1 Å². The Morgan fingerprint density at radius 1 is 1.02 bits per heavy atom. The summed E-state index contributed by atoms with van der Waals surface area (Å²) in [5.74, 6) is -3.30. The molecule has 6 atom stereocenters. The number of benzene rings is 2. The maximum absolute atomic E-state index is 14.2. The summed E-state index contributed by atoms with van der Waals surface area (Å²) in [6, 6.07) is 10.8. The summed E-state index contributed by atoms with van der Waals surface area (Å²) in [6.07, 6.45) is 2.70. The maximum Gasteiger partial charge on any atom is 0.238 e. The van der Waals surface area contributed by atoms with Crippen molar-refractivity contribution in [2.45, 2.75) is 39.5 Å². The highest BCUT2D eigenvalue weighted by Crippen LogP contribution is 2.63. The number of methoxy groups -OCH3 is 1. The van der Waals surface area contributed by atoms with Crippen molar-refractivity contribution in [1.82, 2.24) is 0 Å². The van der Waals surface area contributed by atoms with Crippen LogP contribution in [0.2, 0.25) is 0 Å². The van der Waals surface area contributed by atoms with Crippen LogP contribution in [0.5, 0.6) is 11.5 Å². The highest BCUT2D eigenvalue weighted by molar-refractivity contribution is 14.1. The number of rotatable bonds is 3. The lowest BCUT2D eigenvalue weighted by atomic mass is 9.46. The quantitative estimate of drug-likeness (QED) is 0.232. The number of halogens is 2. The van der Waals surface area contributed by atoms with Gasteiger partial charge >= 0.3 is 0 Å². The van der Waals surface area contributed by atoms with E-state index >= 15 is 0 Å². The van der Waals surface area contributed by atoms with E-state index in [1.807, 2.05) is 25.1 Å². The molecule has 0 unspecified atom stereocenters. The van der Waals surface area contributed by atoms with Crippen LogP contribution < -0.4 is 9.64 Å². The number of imide groups is 1. The minimum Gasteiger partial charge on any atom is -0.503 e. The van der Waals surface area contributed by atoms with E-state index in [9.17, 15) is 24.3 Å². The van der Waals surface area contributed by atoms with Crippen molar-refractivity contribution >= 4 is 67.6 Å². The van der Waals surface area contributed by atoms with Crippen LogP contribution in [0, 0.1) is 32.7 Å². The molecule has 2 aromatic carbocycles. The predicted octanol–water partition coefficient (Wildman–Crippen LogP) is 6.12. The first kappa shape index (κ1) is 28.3. The molecule has 1 heterocycles. The highest BCUT2D eigenvalue weighted by Gasteiger charge is 2.64. The lowest BCUT2D eigenvalue weighted by molar-refractivity contribution is -0.142. The Morgan fingerprint density at radius 2 is 1.71 bits per heavy atom. The number of Topliss-reactive ketones (excluding diaryl/α,β-unsaturated/α-hetero) is 2. The molecule has 0 aromatic heterocycles. The molecule has 6 rings (SSSR count). The molecule has 1 saturated heterocycles. The zero-order valence-corrected chi connectivity index (χ0v) is 26.8. The smallest absolute Gasteiger partial charge is 0.238 e. The van der Waals surface area contributed by atoms with Crippen molar-refractivity contribution in [2.75, 3.05) is 12.0 Å². The van der Waals surface area contributed by atoms with Crippen molar-refractivity contribution in [1.29, 1.82) is 0 Å². The summed E-state index contributed by atoms with van der Waals surface area (Å²) in [4.78, 5) is 57.1. The Morgan fingerprint density at radius 3 is 2.37 bits per heavy atom. The molecule has 4 aliphatic rings. The molecule has 2 amide bonds. The molecule has 212 valence electrons. The minimum absolute atomic E-state index is 0.0642. The van der Waals surface area contributed by atoms with E-state index in [1.165, 1.54) is 12.0 Å². The fourth-order valence-corrected chi connectivity index (χ4v) is 8.54. The average Bonchev–Trinajstić information content (AvgIpc) is 3.21. The van der Waals surface area contributed by atoms with Gasteiger partial charge in [-0.15, -0.1) is 0 Å². The van der Waals surface area contributed by atoms with Gasteiger partial charge in [-0.3, -0.25) is 24.1 Å². The van der Waals surface area contributed by atoms with E-state index in [0.29, 0.717) is 39.7 Å². The zero-order chi connectivity index (χ0) is 29.5. The monoisotopic (exact) mass is 729 g/mol. The zero-order valence-electron chi connectivity index (χ0n) is 23.0. The number of carbonyl (C=O) groups excluding carboxylic acids is 4. The summed E-state index contributed by atoms with van der Waals surface area (Å²) in [6.45, 7) is 5.26. The number of hydrogen-bond donors (Lipinski definition) is 1. The SMILES string of the molecule is COc1cc([C@H]2C3=CC[C@@H]4C(=O)N(c5ccc(I)cc5)C(=O)[C@@H]4[C@@H]3C[C@H]3C(=O)C(C)=C(C)C(=O)[C@@]23C)cc(Br)c1O. The first-order valence-electron chi connectivity index (χ1n) is 13.6. The molecule has 0 bridgehead atoms. The number of fused-ring (bicyclic) bond motifs is 4. The molecular weight excluding hydrogens is 701 g/mol. The molecule has 1 aliphatic heterocycles. The van der Waals surface area contributed by atoms with E-state index in [1.54, 1.807) is 38.1 Å². The van der Waals surface area contributed by atoms with Crippen molar-refractivity contribution < 1.29 is 29.0 Å². The van der Waals surface area contributed by atoms with Crippen LogP contribution in [0.4, 0.5) is 5.69 Å². The van der Waals surface area contributed by atoms with Gasteiger partial charge in [-0.2, -0.15) is 0 Å². The number of nitrogens with zero attached hydrogens (tertiary/aromatic N) is 1. The molecule has 3 aliphatic carbocycles. The third-order valence-corrected chi connectivity index (χ3v) is 11.2. The Balaban J connectivity index is 1.53. The summed E-state index contributed by atoms with van der Waals surface area (Å²) in [5, 5.41) is 10.6. The largest absolute Gasteiger partial charge is 0.503 e. The lowest BCUT2D eigenvalue weighted by Gasteiger charge is -2.54. The van der Waals surface area contributed by atoms with Crippen LogP contribution in [0.25, 0.3) is 0 Å². The number of phenolic OH excluding ortho intramolecular Hbond substituents is 1. The summed E-state index contributed by atoms with van der Waals surface area (Å²) in [5.41, 5.74) is 1.93. The second-order valence-corrected chi connectivity index (χ2v) is 13.8. The Kier molecular flexibility index (Phi) is 6.84. The summed E-state index contributed by atoms with van der Waals surface area (Å²) < 4.78 is 6.85. The second kappa shape index (κ2) is 9.90. The van der Waals surface area contributed by atoms with Gasteiger partial charge in [0, 0.05) is 15.4 Å². The number of amides is 2. The van der Waals surface area contributed by atoms with E-state index in [0.717, 1.165) is 9.14 Å². The highest BCUT2D eigenvalue weighted by atomic mass is 127. The molecule has 9 heteroatoms. The summed E-state index contributed by atoms with van der Waals surface area (Å²) >= 11 is 5.61. The molecule has 0 spiro atoms. The number of phenols is 1. The van der Waals surface area contributed by atoms with E-state index in [-0.39, 0.29) is 34.9 Å². The number of carbonyl (C=O) groups is 4. The van der Waals surface area contributed by atoms with Gasteiger partial charge in [0.25, 0.3) is 0 Å². The maximum atomic E-state index is 14.2. The Bertz CT molecular complexity index is 1610. The van der Waals surface area contributed by atoms with Crippen molar-refractivity contribution in [3.8, 4) is 11.5 Å². The van der Waals surface area contributed by atoms with Crippen LogP contribution in [0.3, 0.4) is 0 Å². The normalized spacial score (nSPS) is 31.1. The molecule has 1 N–H and O–H groups in total. The van der Waals surface area contributed by atoms with Gasteiger partial charge in [-0.1, -0.05) is 18.6 Å². The van der Waals surface area contributed by atoms with Gasteiger partial charge in [0.2, 0.25) is 11.8 Å². The van der Waals surface area contributed by atoms with Gasteiger partial charge in [0.1, 0.15) is 0 Å². The van der Waals surface area contributed by atoms with Crippen molar-refractivity contribution in [2.24, 2.45) is 29.1 Å². The van der Waals surface area contributed by atoms with Crippen molar-refractivity contribution in [3.63, 3.8) is 0 Å². The predicted molar refractivity (Wildman–Crippen MR) is 165 cm³/mol. The van der Waals surface area contributed by atoms with Crippen LogP contribution in [0.15, 0.2) is 63.7 Å². The van der Waals surface area contributed by atoms with E-state index in [2.05, 4.69) is 38.5 Å². The van der Waals surface area contributed by atoms with Gasteiger partial charge < -0.3 is 9.84 Å². The van der Waals surface area contributed by atoms with Crippen LogP contribution in [-0.2, 0) is 19.2 Å². The molecule has 1 saturated carbocycles. The van der Waals surface area contributed by atoms with Gasteiger partial charge in [-0.05, 0) is 124 Å². The third-order valence-electron chi connectivity index (χ3n) is 9.86. The molecule has 2 fully saturated rings. The molecule has 0 radical (unpaired) electrons. The standard InChI is InChI=1S/C32H29BrINO6/c1-14-15(2)29(38)32(3)22(27(14)36)13-21-19(26(32)16-11-23(33)28(37)24(12-16)41-4)9-10-20-25(21)31(40)35(30(20)39)18-7-5-17(34)6-8-18/h5-9,11-12,20-22,25-26,37H,10,13H2,1-4H3/t20-,21+,22-,25-,26-,32+/m0/s1. The summed E-state index contributed by atoms with van der Waals surface area (Å²) in [7, 11) is 1.46. The van der Waals surface area contributed by atoms with E-state index in [4.69, 9.17) is 4.74 Å². The van der Waals surface area contributed by atoms with Crippen LogP contribution in [-0.4, -0.2) is 35.6 Å². The number of allylic oxidation sites excluding steroid dienone is 4. The molecule has 41 heavy (non-hydrogen) atoms. The van der Waals surface area contributed by atoms with E-state index < -0.39 is 35.0 Å². The molecule has 7 nitrogen and oxygen atoms in total. The number of aromatic hydroxyl groups is 1. The minimum atomic E-state index is -1.11. The number of hydrogen-bond acceptors (Lipinski definition) is 6. The van der Waals surface area contributed by atoms with Gasteiger partial charge in [-0.25, -0.2) is 0 Å². The third kappa shape index (κ3) is 3.94. The first-order valence-corrected chi connectivity index (χ1v) is 15.4. The van der Waals surface area contributed by atoms with Crippen molar-refractivity contribution in [3.05, 3.63) is 72.8 Å². The number of anilines is 1. The Hall–Kier alpha value is -2.79. The topological polar surface area (TPSA) is 101 Å².